The molecule has 0 amide bonds. The minimum absolute atomic E-state index is 0.324. The molecule has 3 atom stereocenters. The molecule has 2 nitrogen and oxygen atoms in total. The van der Waals surface area contributed by atoms with Crippen LogP contribution in [0.25, 0.3) is 0 Å². The van der Waals surface area contributed by atoms with Gasteiger partial charge in [0, 0.05) is 5.56 Å². The SMILES string of the molecule is NC(=S)c1ccc(OCC2CC3CCC2C3)cc1Cl. The number of nitrogens with two attached hydrogens (primary N) is 1. The lowest BCUT2D eigenvalue weighted by Crippen LogP contribution is -2.18. The number of fused-ring (bicyclic) bond motifs is 2. The quantitative estimate of drug-likeness (QED) is 0.859. The van der Waals surface area contributed by atoms with Gasteiger partial charge in [-0.3, -0.25) is 0 Å². The topological polar surface area (TPSA) is 35.2 Å². The van der Waals surface area contributed by atoms with Crippen LogP contribution >= 0.6 is 23.8 Å². The molecule has 0 saturated heterocycles. The second kappa shape index (κ2) is 5.29. The smallest absolute Gasteiger partial charge is 0.120 e. The molecule has 0 heterocycles. The van der Waals surface area contributed by atoms with Crippen molar-refractivity contribution < 1.29 is 4.74 Å². The summed E-state index contributed by atoms with van der Waals surface area (Å²) in [6, 6.07) is 5.54. The van der Waals surface area contributed by atoms with Crippen molar-refractivity contribution in [3.8, 4) is 5.75 Å². The molecular formula is C15H18ClNOS. The van der Waals surface area contributed by atoms with Crippen molar-refractivity contribution in [2.45, 2.75) is 25.7 Å². The van der Waals surface area contributed by atoms with Gasteiger partial charge in [0.1, 0.15) is 10.7 Å². The summed E-state index contributed by atoms with van der Waals surface area (Å²) in [4.78, 5) is 0.324. The van der Waals surface area contributed by atoms with Gasteiger partial charge in [0.15, 0.2) is 0 Å². The maximum atomic E-state index is 6.14. The van der Waals surface area contributed by atoms with Crippen LogP contribution < -0.4 is 10.5 Å². The van der Waals surface area contributed by atoms with Gasteiger partial charge in [0.05, 0.1) is 11.6 Å². The van der Waals surface area contributed by atoms with Crippen molar-refractivity contribution >= 4 is 28.8 Å². The highest BCUT2D eigenvalue weighted by molar-refractivity contribution is 7.80. The Hall–Kier alpha value is -0.800. The number of ether oxygens (including phenoxy) is 1. The van der Waals surface area contributed by atoms with Gasteiger partial charge in [-0.25, -0.2) is 0 Å². The zero-order valence-corrected chi connectivity index (χ0v) is 12.3. The van der Waals surface area contributed by atoms with Gasteiger partial charge in [0.2, 0.25) is 0 Å². The summed E-state index contributed by atoms with van der Waals surface area (Å²) in [6.07, 6.45) is 5.56. The van der Waals surface area contributed by atoms with Gasteiger partial charge < -0.3 is 10.5 Å². The fourth-order valence-corrected chi connectivity index (χ4v) is 4.08. The van der Waals surface area contributed by atoms with Crippen molar-refractivity contribution in [2.24, 2.45) is 23.5 Å². The average molecular weight is 296 g/mol. The largest absolute Gasteiger partial charge is 0.493 e. The number of hydrogen-bond donors (Lipinski definition) is 1. The van der Waals surface area contributed by atoms with Gasteiger partial charge in [-0.2, -0.15) is 0 Å². The fraction of sp³-hybridized carbons (Fsp3) is 0.533. The van der Waals surface area contributed by atoms with E-state index in [1.807, 2.05) is 18.2 Å². The van der Waals surface area contributed by atoms with E-state index in [-0.39, 0.29) is 0 Å². The van der Waals surface area contributed by atoms with Crippen LogP contribution in [0.1, 0.15) is 31.2 Å². The van der Waals surface area contributed by atoms with E-state index in [4.69, 9.17) is 34.3 Å². The first kappa shape index (κ1) is 13.2. The van der Waals surface area contributed by atoms with E-state index in [0.29, 0.717) is 15.6 Å². The van der Waals surface area contributed by atoms with Crippen molar-refractivity contribution in [1.29, 1.82) is 0 Å². The third kappa shape index (κ3) is 2.72. The molecule has 0 radical (unpaired) electrons. The van der Waals surface area contributed by atoms with Crippen LogP contribution in [0.3, 0.4) is 0 Å². The summed E-state index contributed by atoms with van der Waals surface area (Å²) >= 11 is 11.1. The van der Waals surface area contributed by atoms with E-state index < -0.39 is 0 Å². The zero-order chi connectivity index (χ0) is 13.4. The number of rotatable bonds is 4. The predicted octanol–water partition coefficient (Wildman–Crippen LogP) is 3.79. The normalized spacial score (nSPS) is 28.6. The standard InChI is InChI=1S/C15H18ClNOS/c16-14-7-12(3-4-13(14)15(17)19)18-8-11-6-9-1-2-10(11)5-9/h3-4,7,9-11H,1-2,5-6,8H2,(H2,17,19). The summed E-state index contributed by atoms with van der Waals surface area (Å²) < 4.78 is 5.89. The summed E-state index contributed by atoms with van der Waals surface area (Å²) in [7, 11) is 0. The molecular weight excluding hydrogens is 278 g/mol. The number of thiocarbonyl (C=S) groups is 1. The molecule has 2 saturated carbocycles. The zero-order valence-electron chi connectivity index (χ0n) is 10.8. The van der Waals surface area contributed by atoms with Crippen LogP contribution in [-0.4, -0.2) is 11.6 Å². The Morgan fingerprint density at radius 3 is 2.79 bits per heavy atom. The van der Waals surface area contributed by atoms with Gasteiger partial charge in [-0.15, -0.1) is 0 Å². The van der Waals surface area contributed by atoms with E-state index in [2.05, 4.69) is 0 Å². The Morgan fingerprint density at radius 1 is 1.37 bits per heavy atom. The average Bonchev–Trinajstić information content (AvgIpc) is 2.98. The van der Waals surface area contributed by atoms with Crippen LogP contribution in [0.2, 0.25) is 5.02 Å². The van der Waals surface area contributed by atoms with Crippen molar-refractivity contribution in [1.82, 2.24) is 0 Å². The molecule has 0 aromatic heterocycles. The monoisotopic (exact) mass is 295 g/mol. The highest BCUT2D eigenvalue weighted by Crippen LogP contribution is 2.48. The number of halogens is 1. The lowest BCUT2D eigenvalue weighted by Gasteiger charge is -2.21. The number of benzene rings is 1. The first-order valence-corrected chi connectivity index (χ1v) is 7.64. The number of hydrogen-bond acceptors (Lipinski definition) is 2. The maximum absolute atomic E-state index is 6.14. The Bertz CT molecular complexity index is 505. The van der Waals surface area contributed by atoms with Gasteiger partial charge in [-0.05, 0) is 55.2 Å². The van der Waals surface area contributed by atoms with E-state index >= 15 is 0 Å². The van der Waals surface area contributed by atoms with Crippen LogP contribution in [0.5, 0.6) is 5.75 Å². The Labute approximate surface area is 124 Å². The fourth-order valence-electron chi connectivity index (χ4n) is 3.57. The van der Waals surface area contributed by atoms with E-state index in [1.165, 1.54) is 25.7 Å². The second-order valence-electron chi connectivity index (χ2n) is 5.75. The molecule has 2 bridgehead atoms. The Balaban J connectivity index is 1.61. The van der Waals surface area contributed by atoms with Crippen molar-refractivity contribution in [2.75, 3.05) is 6.61 Å². The molecule has 1 aromatic rings. The Kier molecular flexibility index (Phi) is 3.68. The first-order chi connectivity index (χ1) is 9.13. The predicted molar refractivity (Wildman–Crippen MR) is 81.8 cm³/mol. The van der Waals surface area contributed by atoms with Crippen molar-refractivity contribution in [3.05, 3.63) is 28.8 Å². The summed E-state index contributed by atoms with van der Waals surface area (Å²) in [5.74, 6) is 3.39. The molecule has 2 aliphatic rings. The molecule has 1 aromatic carbocycles. The van der Waals surface area contributed by atoms with Gasteiger partial charge in [0.25, 0.3) is 0 Å². The lowest BCUT2D eigenvalue weighted by molar-refractivity contribution is 0.195. The van der Waals surface area contributed by atoms with Crippen LogP contribution in [0.15, 0.2) is 18.2 Å². The highest BCUT2D eigenvalue weighted by Gasteiger charge is 2.39. The Morgan fingerprint density at radius 2 is 2.21 bits per heavy atom. The molecule has 2 N–H and O–H groups in total. The summed E-state index contributed by atoms with van der Waals surface area (Å²) in [5, 5.41) is 0.568. The molecule has 3 unspecified atom stereocenters. The molecule has 4 heteroatoms. The lowest BCUT2D eigenvalue weighted by atomic mass is 9.89. The minimum Gasteiger partial charge on any atom is -0.493 e. The van der Waals surface area contributed by atoms with E-state index in [0.717, 1.165) is 30.1 Å². The first-order valence-electron chi connectivity index (χ1n) is 6.85. The molecule has 0 aliphatic heterocycles. The van der Waals surface area contributed by atoms with Gasteiger partial charge >= 0.3 is 0 Å². The van der Waals surface area contributed by atoms with Crippen LogP contribution in [-0.2, 0) is 0 Å². The van der Waals surface area contributed by atoms with Gasteiger partial charge in [-0.1, -0.05) is 30.2 Å². The molecule has 102 valence electrons. The highest BCUT2D eigenvalue weighted by atomic mass is 35.5. The second-order valence-corrected chi connectivity index (χ2v) is 6.60. The molecule has 19 heavy (non-hydrogen) atoms. The summed E-state index contributed by atoms with van der Waals surface area (Å²) in [5.41, 5.74) is 6.30. The van der Waals surface area contributed by atoms with Crippen molar-refractivity contribution in [3.63, 3.8) is 0 Å². The third-order valence-electron chi connectivity index (χ3n) is 4.55. The van der Waals surface area contributed by atoms with E-state index in [9.17, 15) is 0 Å². The minimum atomic E-state index is 0.324. The molecule has 3 rings (SSSR count). The third-order valence-corrected chi connectivity index (χ3v) is 5.09. The van der Waals surface area contributed by atoms with Crippen LogP contribution in [0, 0.1) is 17.8 Å². The van der Waals surface area contributed by atoms with E-state index in [1.54, 1.807) is 0 Å². The van der Waals surface area contributed by atoms with Crippen LogP contribution in [0.4, 0.5) is 0 Å². The molecule has 2 fully saturated rings. The summed E-state index contributed by atoms with van der Waals surface area (Å²) in [6.45, 7) is 0.809. The molecule has 2 aliphatic carbocycles. The molecule has 0 spiro atoms. The maximum Gasteiger partial charge on any atom is 0.120 e.